The molecule has 2 fully saturated rings. The molecule has 1 aromatic heterocycles. The number of aliphatic hydroxyl groups is 1. The summed E-state index contributed by atoms with van der Waals surface area (Å²) in [6, 6.07) is 8.37. The van der Waals surface area contributed by atoms with Gasteiger partial charge >= 0.3 is 5.97 Å². The number of anilines is 1. The Labute approximate surface area is 270 Å². The minimum atomic E-state index is -3.03. The highest BCUT2D eigenvalue weighted by molar-refractivity contribution is 6.71. The summed E-state index contributed by atoms with van der Waals surface area (Å²) in [7, 11) is -0.266. The Kier molecular flexibility index (Phi) is 9.78. The van der Waals surface area contributed by atoms with Crippen molar-refractivity contribution in [1.29, 1.82) is 0 Å². The molecule has 1 aromatic carbocycles. The molecule has 46 heavy (non-hydrogen) atoms. The molecule has 0 radical (unpaired) electrons. The number of aromatic nitrogens is 1. The second kappa shape index (κ2) is 13.3. The third-order valence-corrected chi connectivity index (χ3v) is 12.4. The van der Waals surface area contributed by atoms with Gasteiger partial charge < -0.3 is 33.9 Å². The molecule has 2 aromatic rings. The summed E-state index contributed by atoms with van der Waals surface area (Å²) in [4.78, 5) is 68.2. The van der Waals surface area contributed by atoms with Crippen LogP contribution in [0.1, 0.15) is 51.0 Å². The van der Waals surface area contributed by atoms with E-state index >= 15 is 0 Å². The Hall–Kier alpha value is -3.52. The standard InChI is InChI=1S/C33H45N3O9Si/c1-21-30(46(4,5)42)27(19-28(38)34-16-8-10-23(34)20-37)45-33(21)24-18-22(35-17-9-11-26(43-2)31(35)40)13-14-25(24)36(32(33)41)15-7-6-12-29(39)44-3/h9,11,13-14,17-18,21,23,27,30,37,42H,6-8,10,12,15-16,19-20H2,1-5H3/t21-,23-,27+,30-,33+/m0/s1. The van der Waals surface area contributed by atoms with E-state index in [1.54, 1.807) is 59.4 Å². The van der Waals surface area contributed by atoms with Crippen molar-refractivity contribution < 1.29 is 38.5 Å². The number of unbranched alkanes of at least 4 members (excludes halogenated alkanes) is 1. The topological polar surface area (TPSA) is 148 Å². The van der Waals surface area contributed by atoms with Crippen molar-refractivity contribution in [3.05, 3.63) is 52.4 Å². The van der Waals surface area contributed by atoms with E-state index < -0.39 is 31.5 Å². The lowest BCUT2D eigenvalue weighted by Gasteiger charge is -2.33. The maximum atomic E-state index is 14.7. The summed E-state index contributed by atoms with van der Waals surface area (Å²) in [6.45, 7) is 6.25. The Balaban J connectivity index is 1.58. The number of pyridine rings is 1. The third kappa shape index (κ3) is 5.89. The van der Waals surface area contributed by atoms with Crippen LogP contribution in [0.4, 0.5) is 5.69 Å². The average molecular weight is 656 g/mol. The number of ether oxygens (including phenoxy) is 3. The molecule has 250 valence electrons. The summed E-state index contributed by atoms with van der Waals surface area (Å²) in [6.07, 6.45) is 3.66. The third-order valence-electron chi connectivity index (χ3n) is 9.90. The Bertz CT molecular complexity index is 1540. The van der Waals surface area contributed by atoms with E-state index in [2.05, 4.69) is 0 Å². The van der Waals surface area contributed by atoms with Gasteiger partial charge in [-0.1, -0.05) is 6.92 Å². The van der Waals surface area contributed by atoms with Gasteiger partial charge in [-0.25, -0.2) is 0 Å². The van der Waals surface area contributed by atoms with Gasteiger partial charge in [0.2, 0.25) is 5.91 Å². The largest absolute Gasteiger partial charge is 0.491 e. The maximum absolute atomic E-state index is 14.7. The van der Waals surface area contributed by atoms with Crippen LogP contribution in [0.25, 0.3) is 5.69 Å². The first kappa shape index (κ1) is 33.8. The van der Waals surface area contributed by atoms with Crippen LogP contribution in [0.2, 0.25) is 18.6 Å². The molecule has 0 unspecified atom stereocenters. The monoisotopic (exact) mass is 655 g/mol. The quantitative estimate of drug-likeness (QED) is 0.212. The number of amides is 2. The summed E-state index contributed by atoms with van der Waals surface area (Å²) >= 11 is 0. The number of benzene rings is 1. The molecule has 4 heterocycles. The average Bonchev–Trinajstić information content (AvgIpc) is 3.69. The SMILES string of the molecule is COC(=O)CCCCN1C(=O)[C@]2(O[C@H](CC(=O)N3CCC[C@H]3CO)[C@@H]([Si](C)(C)O)[C@@H]2C)c2cc(-n3cccc(OC)c3=O)ccc21. The molecule has 1 spiro atoms. The van der Waals surface area contributed by atoms with E-state index in [1.807, 2.05) is 6.92 Å². The van der Waals surface area contributed by atoms with Crippen LogP contribution in [0, 0.1) is 5.92 Å². The Morgan fingerprint density at radius 2 is 1.91 bits per heavy atom. The van der Waals surface area contributed by atoms with Crippen molar-refractivity contribution in [2.24, 2.45) is 5.92 Å². The van der Waals surface area contributed by atoms with E-state index in [0.29, 0.717) is 42.9 Å². The highest BCUT2D eigenvalue weighted by atomic mass is 28.4. The van der Waals surface area contributed by atoms with Gasteiger partial charge in [-0.3, -0.25) is 23.7 Å². The van der Waals surface area contributed by atoms with E-state index in [-0.39, 0.29) is 54.6 Å². The number of fused-ring (bicyclic) bond motifs is 2. The number of esters is 1. The molecular weight excluding hydrogens is 610 g/mol. The van der Waals surface area contributed by atoms with Gasteiger partial charge in [0.05, 0.1) is 45.1 Å². The first-order chi connectivity index (χ1) is 21.9. The van der Waals surface area contributed by atoms with Gasteiger partial charge in [0.25, 0.3) is 11.5 Å². The zero-order valence-electron chi connectivity index (χ0n) is 27.2. The number of carbonyl (C=O) groups excluding carboxylic acids is 3. The van der Waals surface area contributed by atoms with Gasteiger partial charge in [0.1, 0.15) is 0 Å². The number of rotatable bonds is 11. The number of hydrogen-bond donors (Lipinski definition) is 2. The molecule has 0 aliphatic carbocycles. The number of likely N-dealkylation sites (tertiary alicyclic amines) is 1. The van der Waals surface area contributed by atoms with Crippen LogP contribution < -0.4 is 15.2 Å². The second-order valence-corrected chi connectivity index (χ2v) is 17.0. The van der Waals surface area contributed by atoms with Crippen molar-refractivity contribution >= 4 is 31.8 Å². The normalized spacial score (nSPS) is 25.8. The summed E-state index contributed by atoms with van der Waals surface area (Å²) in [5, 5.41) is 9.85. The van der Waals surface area contributed by atoms with E-state index in [0.717, 1.165) is 12.8 Å². The van der Waals surface area contributed by atoms with Crippen LogP contribution in [0.5, 0.6) is 5.75 Å². The van der Waals surface area contributed by atoms with Crippen LogP contribution in [0.3, 0.4) is 0 Å². The maximum Gasteiger partial charge on any atom is 0.305 e. The molecule has 2 saturated heterocycles. The van der Waals surface area contributed by atoms with Gasteiger partial charge in [0.15, 0.2) is 19.7 Å². The van der Waals surface area contributed by atoms with Crippen LogP contribution >= 0.6 is 0 Å². The van der Waals surface area contributed by atoms with Crippen molar-refractivity contribution in [2.45, 2.75) is 81.8 Å². The molecule has 12 nitrogen and oxygen atoms in total. The number of methoxy groups -OCH3 is 2. The second-order valence-electron chi connectivity index (χ2n) is 13.1. The number of hydrogen-bond acceptors (Lipinski definition) is 9. The molecule has 5 atom stereocenters. The van der Waals surface area contributed by atoms with Gasteiger partial charge in [-0.2, -0.15) is 0 Å². The lowest BCUT2D eigenvalue weighted by molar-refractivity contribution is -0.150. The zero-order chi connectivity index (χ0) is 33.4. The highest BCUT2D eigenvalue weighted by Crippen LogP contribution is 2.60. The molecule has 2 amide bonds. The molecule has 0 bridgehead atoms. The molecule has 3 aliphatic heterocycles. The molecule has 13 heteroatoms. The predicted molar refractivity (Wildman–Crippen MR) is 172 cm³/mol. The number of nitrogens with zero attached hydrogens (tertiary/aromatic N) is 3. The van der Waals surface area contributed by atoms with Gasteiger partial charge in [-0.15, -0.1) is 0 Å². The molecule has 3 aliphatic rings. The smallest absolute Gasteiger partial charge is 0.305 e. The lowest BCUT2D eigenvalue weighted by Crippen LogP contribution is -2.46. The summed E-state index contributed by atoms with van der Waals surface area (Å²) in [5.74, 6) is -1.13. The fourth-order valence-corrected chi connectivity index (χ4v) is 10.3. The zero-order valence-corrected chi connectivity index (χ0v) is 28.2. The first-order valence-electron chi connectivity index (χ1n) is 16.0. The summed E-state index contributed by atoms with van der Waals surface area (Å²) in [5.41, 5.74) is -0.642. The fourth-order valence-electron chi connectivity index (χ4n) is 7.75. The van der Waals surface area contributed by atoms with Crippen LogP contribution in [-0.2, 0) is 29.5 Å². The Morgan fingerprint density at radius 3 is 2.59 bits per heavy atom. The summed E-state index contributed by atoms with van der Waals surface area (Å²) < 4.78 is 18.3. The van der Waals surface area contributed by atoms with Crippen LogP contribution in [-0.4, -0.2) is 91.5 Å². The first-order valence-corrected chi connectivity index (χ1v) is 19.0. The number of aliphatic hydroxyl groups excluding tert-OH is 1. The molecule has 5 rings (SSSR count). The molecule has 2 N–H and O–H groups in total. The van der Waals surface area contributed by atoms with Crippen molar-refractivity contribution in [3.8, 4) is 11.4 Å². The van der Waals surface area contributed by atoms with Crippen LogP contribution in [0.15, 0.2) is 41.3 Å². The Morgan fingerprint density at radius 1 is 1.15 bits per heavy atom. The molecule has 0 saturated carbocycles. The minimum Gasteiger partial charge on any atom is -0.491 e. The van der Waals surface area contributed by atoms with Crippen molar-refractivity contribution in [1.82, 2.24) is 9.47 Å². The van der Waals surface area contributed by atoms with E-state index in [9.17, 15) is 29.1 Å². The predicted octanol–water partition coefficient (Wildman–Crippen LogP) is 2.71. The van der Waals surface area contributed by atoms with Gasteiger partial charge in [-0.05, 0) is 69.1 Å². The van der Waals surface area contributed by atoms with Crippen molar-refractivity contribution in [2.75, 3.05) is 38.8 Å². The number of carbonyl (C=O) groups is 3. The van der Waals surface area contributed by atoms with E-state index in [1.165, 1.54) is 18.8 Å². The van der Waals surface area contributed by atoms with Crippen molar-refractivity contribution in [3.63, 3.8) is 0 Å². The lowest BCUT2D eigenvalue weighted by atomic mass is 9.82. The molecular formula is C33H45N3O9Si. The van der Waals surface area contributed by atoms with Gasteiger partial charge in [0, 0.05) is 48.4 Å². The minimum absolute atomic E-state index is 0.0268. The van der Waals surface area contributed by atoms with E-state index in [4.69, 9.17) is 14.2 Å². The fraction of sp³-hybridized carbons (Fsp3) is 0.576. The highest BCUT2D eigenvalue weighted by Gasteiger charge is 2.66.